The maximum atomic E-state index is 12.5. The van der Waals surface area contributed by atoms with E-state index in [1.165, 1.54) is 26.4 Å². The lowest BCUT2D eigenvalue weighted by molar-refractivity contribution is -0.384. The fraction of sp³-hybridized carbons (Fsp3) is 0.333. The van der Waals surface area contributed by atoms with Crippen molar-refractivity contribution in [3.63, 3.8) is 0 Å². The lowest BCUT2D eigenvalue weighted by Gasteiger charge is -2.25. The number of aliphatic imine (C=N–C) groups is 1. The summed E-state index contributed by atoms with van der Waals surface area (Å²) in [7, 11) is 3.07. The first-order chi connectivity index (χ1) is 14.0. The van der Waals surface area contributed by atoms with E-state index in [4.69, 9.17) is 14.2 Å². The van der Waals surface area contributed by atoms with E-state index < -0.39 is 10.8 Å². The molecule has 0 fully saturated rings. The van der Waals surface area contributed by atoms with Crippen LogP contribution in [-0.4, -0.2) is 44.0 Å². The van der Waals surface area contributed by atoms with Crippen LogP contribution < -0.4 is 9.47 Å². The molecule has 1 aliphatic heterocycles. The predicted molar refractivity (Wildman–Crippen MR) is 107 cm³/mol. The number of hydrogen-bond acceptors (Lipinski definition) is 7. The lowest BCUT2D eigenvalue weighted by atomic mass is 9.86. The van der Waals surface area contributed by atoms with Crippen LogP contribution in [0.4, 0.5) is 5.69 Å². The van der Waals surface area contributed by atoms with Crippen molar-refractivity contribution in [3.05, 3.63) is 63.2 Å². The molecule has 1 unspecified atom stereocenters. The van der Waals surface area contributed by atoms with Gasteiger partial charge in [0.25, 0.3) is 5.69 Å². The van der Waals surface area contributed by atoms with Gasteiger partial charge in [0, 0.05) is 29.8 Å². The molecule has 1 atom stereocenters. The quantitative estimate of drug-likeness (QED) is 0.403. The molecule has 0 bridgehead atoms. The minimum atomic E-state index is -0.543. The van der Waals surface area contributed by atoms with Gasteiger partial charge in [0.05, 0.1) is 32.3 Å². The summed E-state index contributed by atoms with van der Waals surface area (Å²) in [6.07, 6.45) is 0.389. The highest BCUT2D eigenvalue weighted by atomic mass is 16.6. The molecule has 2 aromatic carbocycles. The maximum Gasteiger partial charge on any atom is 0.315 e. The molecule has 0 aliphatic carbocycles. The number of nitrogens with zero attached hydrogens (tertiary/aromatic N) is 2. The summed E-state index contributed by atoms with van der Waals surface area (Å²) in [5, 5.41) is 11.1. The van der Waals surface area contributed by atoms with Gasteiger partial charge in [-0.05, 0) is 30.2 Å². The van der Waals surface area contributed by atoms with Gasteiger partial charge in [-0.25, -0.2) is 0 Å². The Morgan fingerprint density at radius 1 is 1.21 bits per heavy atom. The van der Waals surface area contributed by atoms with Gasteiger partial charge in [0.15, 0.2) is 11.5 Å². The summed E-state index contributed by atoms with van der Waals surface area (Å²) in [4.78, 5) is 27.7. The number of hydrogen-bond donors (Lipinski definition) is 0. The van der Waals surface area contributed by atoms with E-state index >= 15 is 0 Å². The summed E-state index contributed by atoms with van der Waals surface area (Å²) < 4.78 is 16.0. The second-order valence-electron chi connectivity index (χ2n) is 6.49. The third kappa shape index (κ3) is 4.21. The highest BCUT2D eigenvalue weighted by Crippen LogP contribution is 2.37. The van der Waals surface area contributed by atoms with Crippen molar-refractivity contribution in [2.75, 3.05) is 27.4 Å². The van der Waals surface area contributed by atoms with E-state index in [1.54, 1.807) is 25.1 Å². The summed E-state index contributed by atoms with van der Waals surface area (Å²) >= 11 is 0. The number of carbonyl (C=O) groups is 1. The van der Waals surface area contributed by atoms with Gasteiger partial charge in [-0.3, -0.25) is 19.9 Å². The molecule has 0 radical (unpaired) electrons. The fourth-order valence-corrected chi connectivity index (χ4v) is 3.39. The number of benzene rings is 2. The molecule has 8 nitrogen and oxygen atoms in total. The summed E-state index contributed by atoms with van der Waals surface area (Å²) in [6, 6.07) is 10.00. The molecule has 29 heavy (non-hydrogen) atoms. The SMILES string of the molecule is CCOC(=O)C1CN=C(Cc2cccc([N+](=O)[O-])c2)c2cc(OC)c(OC)cc21. The van der Waals surface area contributed by atoms with Crippen molar-refractivity contribution >= 4 is 17.4 Å². The van der Waals surface area contributed by atoms with Crippen LogP contribution in [0.3, 0.4) is 0 Å². The smallest absolute Gasteiger partial charge is 0.315 e. The van der Waals surface area contributed by atoms with Crippen molar-refractivity contribution in [3.8, 4) is 11.5 Å². The van der Waals surface area contributed by atoms with Gasteiger partial charge in [-0.1, -0.05) is 12.1 Å². The van der Waals surface area contributed by atoms with Crippen molar-refractivity contribution in [1.82, 2.24) is 0 Å². The van der Waals surface area contributed by atoms with Gasteiger partial charge in [-0.2, -0.15) is 0 Å². The van der Waals surface area contributed by atoms with Crippen LogP contribution in [0.5, 0.6) is 11.5 Å². The second kappa shape index (κ2) is 8.72. The molecule has 0 aromatic heterocycles. The van der Waals surface area contributed by atoms with Gasteiger partial charge < -0.3 is 14.2 Å². The summed E-state index contributed by atoms with van der Waals surface area (Å²) in [6.45, 7) is 2.28. The molecule has 1 aliphatic rings. The molecule has 1 heterocycles. The van der Waals surface area contributed by atoms with Gasteiger partial charge in [-0.15, -0.1) is 0 Å². The molecule has 8 heteroatoms. The predicted octanol–water partition coefficient (Wildman–Crippen LogP) is 3.30. The van der Waals surface area contributed by atoms with Crippen LogP contribution in [0.2, 0.25) is 0 Å². The highest BCUT2D eigenvalue weighted by molar-refractivity contribution is 6.06. The monoisotopic (exact) mass is 398 g/mol. The zero-order valence-corrected chi connectivity index (χ0v) is 16.5. The molecule has 0 N–H and O–H groups in total. The van der Waals surface area contributed by atoms with Crippen LogP contribution in [0.25, 0.3) is 0 Å². The van der Waals surface area contributed by atoms with E-state index in [1.807, 2.05) is 6.07 Å². The summed E-state index contributed by atoms with van der Waals surface area (Å²) in [5.41, 5.74) is 3.00. The Morgan fingerprint density at radius 3 is 2.59 bits per heavy atom. The van der Waals surface area contributed by atoms with Crippen molar-refractivity contribution in [2.45, 2.75) is 19.3 Å². The van der Waals surface area contributed by atoms with E-state index in [0.29, 0.717) is 17.9 Å². The number of esters is 1. The Bertz CT molecular complexity index is 970. The largest absolute Gasteiger partial charge is 0.493 e. The highest BCUT2D eigenvalue weighted by Gasteiger charge is 2.31. The number of methoxy groups -OCH3 is 2. The van der Waals surface area contributed by atoms with E-state index in [9.17, 15) is 14.9 Å². The van der Waals surface area contributed by atoms with Crippen LogP contribution in [0.15, 0.2) is 41.4 Å². The Labute approximate surface area is 168 Å². The van der Waals surface area contributed by atoms with E-state index in [2.05, 4.69) is 4.99 Å². The summed E-state index contributed by atoms with van der Waals surface area (Å²) in [5.74, 6) is 0.136. The lowest BCUT2D eigenvalue weighted by Crippen LogP contribution is -2.26. The number of nitro groups is 1. The van der Waals surface area contributed by atoms with Gasteiger partial charge in [0.2, 0.25) is 0 Å². The second-order valence-corrected chi connectivity index (χ2v) is 6.49. The molecule has 0 spiro atoms. The first-order valence-corrected chi connectivity index (χ1v) is 9.18. The molecule has 0 saturated carbocycles. The number of nitro benzene ring substituents is 1. The molecular weight excluding hydrogens is 376 g/mol. The Morgan fingerprint density at radius 2 is 1.93 bits per heavy atom. The van der Waals surface area contributed by atoms with E-state index in [0.717, 1.165) is 22.4 Å². The number of fused-ring (bicyclic) bond motifs is 1. The molecular formula is C21H22N2O6. The Balaban J connectivity index is 2.04. The number of carbonyl (C=O) groups excluding carboxylic acids is 1. The Hall–Kier alpha value is -3.42. The van der Waals surface area contributed by atoms with Crippen molar-refractivity contribution in [1.29, 1.82) is 0 Å². The molecule has 0 saturated heterocycles. The maximum absolute atomic E-state index is 12.5. The first-order valence-electron chi connectivity index (χ1n) is 9.18. The Kier molecular flexibility index (Phi) is 6.11. The minimum absolute atomic E-state index is 0.0239. The van der Waals surface area contributed by atoms with Crippen LogP contribution in [-0.2, 0) is 16.0 Å². The fourth-order valence-electron chi connectivity index (χ4n) is 3.39. The number of rotatable bonds is 7. The topological polar surface area (TPSA) is 100 Å². The van der Waals surface area contributed by atoms with Crippen LogP contribution in [0, 0.1) is 10.1 Å². The number of ether oxygens (including phenoxy) is 3. The minimum Gasteiger partial charge on any atom is -0.493 e. The third-order valence-corrected chi connectivity index (χ3v) is 4.77. The van der Waals surface area contributed by atoms with Crippen LogP contribution >= 0.6 is 0 Å². The molecule has 2 aromatic rings. The molecule has 152 valence electrons. The van der Waals surface area contributed by atoms with Crippen molar-refractivity contribution in [2.24, 2.45) is 4.99 Å². The standard InChI is InChI=1S/C21H22N2O6/c1-4-29-21(24)17-12-22-18(9-13-6-5-7-14(8-13)23(25)26)16-11-20(28-3)19(27-2)10-15(16)17/h5-8,10-11,17H,4,9,12H2,1-3H3. The average molecular weight is 398 g/mol. The zero-order valence-electron chi connectivity index (χ0n) is 16.5. The van der Waals surface area contributed by atoms with Crippen LogP contribution in [0.1, 0.15) is 29.5 Å². The van der Waals surface area contributed by atoms with E-state index in [-0.39, 0.29) is 24.8 Å². The van der Waals surface area contributed by atoms with Crippen molar-refractivity contribution < 1.29 is 23.9 Å². The number of non-ortho nitro benzene ring substituents is 1. The first kappa shape index (κ1) is 20.3. The molecule has 3 rings (SSSR count). The van der Waals surface area contributed by atoms with Gasteiger partial charge in [0.1, 0.15) is 5.92 Å². The third-order valence-electron chi connectivity index (χ3n) is 4.77. The zero-order chi connectivity index (χ0) is 21.0. The normalized spacial score (nSPS) is 15.1. The molecule has 0 amide bonds. The van der Waals surface area contributed by atoms with Gasteiger partial charge >= 0.3 is 5.97 Å². The average Bonchev–Trinajstić information content (AvgIpc) is 2.73.